The molecule has 0 saturated carbocycles. The summed E-state index contributed by atoms with van der Waals surface area (Å²) in [5.41, 5.74) is 0. The Hall–Kier alpha value is -0.160. The first kappa shape index (κ1) is 18.2. The number of hydrogen-bond donors (Lipinski definition) is 1. The van der Waals surface area contributed by atoms with Gasteiger partial charge in [-0.1, -0.05) is 20.8 Å². The SMILES string of the molecule is CC.CCCOCCOCCOCCNC. The minimum atomic E-state index is 0.652. The van der Waals surface area contributed by atoms with Gasteiger partial charge in [-0.3, -0.25) is 0 Å². The Morgan fingerprint density at radius 1 is 0.750 bits per heavy atom. The Labute approximate surface area is 101 Å². The second-order valence-corrected chi connectivity index (χ2v) is 2.94. The molecule has 0 fully saturated rings. The molecule has 0 aliphatic rings. The van der Waals surface area contributed by atoms with Crippen LogP contribution in [-0.4, -0.2) is 53.2 Å². The first-order valence-electron chi connectivity index (χ1n) is 6.29. The van der Waals surface area contributed by atoms with E-state index in [0.29, 0.717) is 26.4 Å². The van der Waals surface area contributed by atoms with E-state index in [9.17, 15) is 0 Å². The van der Waals surface area contributed by atoms with Gasteiger partial charge in [0.2, 0.25) is 0 Å². The van der Waals surface area contributed by atoms with E-state index in [-0.39, 0.29) is 0 Å². The van der Waals surface area contributed by atoms with Crippen molar-refractivity contribution in [2.75, 3.05) is 53.2 Å². The van der Waals surface area contributed by atoms with E-state index in [1.807, 2.05) is 20.9 Å². The summed E-state index contributed by atoms with van der Waals surface area (Å²) in [7, 11) is 1.91. The van der Waals surface area contributed by atoms with Crippen LogP contribution in [-0.2, 0) is 14.2 Å². The fourth-order valence-corrected chi connectivity index (χ4v) is 0.860. The first-order valence-corrected chi connectivity index (χ1v) is 6.29. The summed E-state index contributed by atoms with van der Waals surface area (Å²) in [4.78, 5) is 0. The van der Waals surface area contributed by atoms with Crippen LogP contribution in [0, 0.1) is 0 Å². The third-order valence-corrected chi connectivity index (χ3v) is 1.59. The summed E-state index contributed by atoms with van der Waals surface area (Å²) in [6, 6.07) is 0. The molecule has 4 heteroatoms. The molecule has 0 saturated heterocycles. The fraction of sp³-hybridized carbons (Fsp3) is 1.00. The Kier molecular flexibility index (Phi) is 23.1. The van der Waals surface area contributed by atoms with Crippen molar-refractivity contribution in [2.24, 2.45) is 0 Å². The Balaban J connectivity index is 0. The third-order valence-electron chi connectivity index (χ3n) is 1.59. The van der Waals surface area contributed by atoms with Gasteiger partial charge < -0.3 is 19.5 Å². The molecule has 0 amide bonds. The van der Waals surface area contributed by atoms with Crippen LogP contribution >= 0.6 is 0 Å². The zero-order valence-electron chi connectivity index (χ0n) is 11.4. The molecule has 0 aliphatic heterocycles. The van der Waals surface area contributed by atoms with E-state index >= 15 is 0 Å². The van der Waals surface area contributed by atoms with Crippen molar-refractivity contribution in [3.63, 3.8) is 0 Å². The molecular formula is C12H29NO3. The van der Waals surface area contributed by atoms with Gasteiger partial charge >= 0.3 is 0 Å². The van der Waals surface area contributed by atoms with Crippen LogP contribution in [0.2, 0.25) is 0 Å². The van der Waals surface area contributed by atoms with Crippen molar-refractivity contribution in [1.82, 2.24) is 5.32 Å². The molecule has 1 N–H and O–H groups in total. The maximum absolute atomic E-state index is 5.29. The summed E-state index contributed by atoms with van der Waals surface area (Å²) >= 11 is 0. The molecule has 0 unspecified atom stereocenters. The summed E-state index contributed by atoms with van der Waals surface area (Å²) in [5, 5.41) is 3.01. The van der Waals surface area contributed by atoms with Crippen LogP contribution in [0.1, 0.15) is 27.2 Å². The number of ether oxygens (including phenoxy) is 3. The van der Waals surface area contributed by atoms with Gasteiger partial charge in [0.1, 0.15) is 0 Å². The van der Waals surface area contributed by atoms with Gasteiger partial charge in [-0.25, -0.2) is 0 Å². The minimum absolute atomic E-state index is 0.652. The molecule has 16 heavy (non-hydrogen) atoms. The molecule has 0 aromatic carbocycles. The third kappa shape index (κ3) is 19.4. The number of rotatable bonds is 11. The molecular weight excluding hydrogens is 206 g/mol. The van der Waals surface area contributed by atoms with Crippen LogP contribution < -0.4 is 5.32 Å². The molecule has 0 bridgehead atoms. The van der Waals surface area contributed by atoms with E-state index in [2.05, 4.69) is 12.2 Å². The van der Waals surface area contributed by atoms with Gasteiger partial charge in [-0.15, -0.1) is 0 Å². The van der Waals surface area contributed by atoms with Gasteiger partial charge in [0.25, 0.3) is 0 Å². The van der Waals surface area contributed by atoms with Crippen LogP contribution in [0.25, 0.3) is 0 Å². The highest BCUT2D eigenvalue weighted by Gasteiger charge is 1.90. The molecule has 4 nitrogen and oxygen atoms in total. The quantitative estimate of drug-likeness (QED) is 0.553. The second kappa shape index (κ2) is 20.3. The Bertz CT molecular complexity index is 90.3. The number of nitrogens with one attached hydrogen (secondary N) is 1. The highest BCUT2D eigenvalue weighted by Crippen LogP contribution is 1.82. The Morgan fingerprint density at radius 3 is 1.62 bits per heavy atom. The van der Waals surface area contributed by atoms with Gasteiger partial charge in [0.15, 0.2) is 0 Å². The Morgan fingerprint density at radius 2 is 1.19 bits per heavy atom. The molecule has 0 radical (unpaired) electrons. The van der Waals surface area contributed by atoms with Gasteiger partial charge in [-0.05, 0) is 13.5 Å². The van der Waals surface area contributed by atoms with Crippen molar-refractivity contribution in [1.29, 1.82) is 0 Å². The van der Waals surface area contributed by atoms with Crippen LogP contribution in [0.3, 0.4) is 0 Å². The van der Waals surface area contributed by atoms with Crippen molar-refractivity contribution >= 4 is 0 Å². The average Bonchev–Trinajstić information content (AvgIpc) is 2.34. The molecule has 0 atom stereocenters. The highest BCUT2D eigenvalue weighted by molar-refractivity contribution is 4.36. The largest absolute Gasteiger partial charge is 0.379 e. The van der Waals surface area contributed by atoms with Gasteiger partial charge in [-0.2, -0.15) is 0 Å². The van der Waals surface area contributed by atoms with Crippen molar-refractivity contribution in [3.05, 3.63) is 0 Å². The lowest BCUT2D eigenvalue weighted by molar-refractivity contribution is 0.0154. The lowest BCUT2D eigenvalue weighted by Crippen LogP contribution is -2.16. The monoisotopic (exact) mass is 235 g/mol. The molecule has 0 aromatic rings. The fourth-order valence-electron chi connectivity index (χ4n) is 0.860. The smallest absolute Gasteiger partial charge is 0.0701 e. The topological polar surface area (TPSA) is 39.7 Å². The predicted octanol–water partition coefficient (Wildman–Crippen LogP) is 1.69. The first-order chi connectivity index (χ1) is 7.91. The van der Waals surface area contributed by atoms with E-state index < -0.39 is 0 Å². The molecule has 0 aromatic heterocycles. The lowest BCUT2D eigenvalue weighted by Gasteiger charge is -2.05. The maximum atomic E-state index is 5.29. The summed E-state index contributed by atoms with van der Waals surface area (Å²) in [6.45, 7) is 11.2. The highest BCUT2D eigenvalue weighted by atomic mass is 16.5. The summed E-state index contributed by atoms with van der Waals surface area (Å²) < 4.78 is 15.8. The summed E-state index contributed by atoms with van der Waals surface area (Å²) in [5.74, 6) is 0. The van der Waals surface area contributed by atoms with Crippen molar-refractivity contribution in [3.8, 4) is 0 Å². The normalized spacial score (nSPS) is 9.75. The van der Waals surface area contributed by atoms with Crippen molar-refractivity contribution < 1.29 is 14.2 Å². The predicted molar refractivity (Wildman–Crippen MR) is 68.0 cm³/mol. The number of likely N-dealkylation sites (N-methyl/N-ethyl adjacent to an activating group) is 1. The van der Waals surface area contributed by atoms with Gasteiger partial charge in [0.05, 0.1) is 33.0 Å². The van der Waals surface area contributed by atoms with Crippen LogP contribution in [0.5, 0.6) is 0 Å². The van der Waals surface area contributed by atoms with Crippen molar-refractivity contribution in [2.45, 2.75) is 27.2 Å². The molecule has 0 rings (SSSR count). The van der Waals surface area contributed by atoms with E-state index in [4.69, 9.17) is 14.2 Å². The zero-order chi connectivity index (χ0) is 12.5. The summed E-state index contributed by atoms with van der Waals surface area (Å²) in [6.07, 6.45) is 1.06. The molecule has 0 spiro atoms. The standard InChI is InChI=1S/C10H23NO3.C2H6/c1-3-5-12-7-9-14-10-8-13-6-4-11-2;1-2/h11H,3-10H2,1-2H3;1-2H3. The molecule has 100 valence electrons. The number of hydrogen-bond acceptors (Lipinski definition) is 4. The zero-order valence-corrected chi connectivity index (χ0v) is 11.4. The van der Waals surface area contributed by atoms with E-state index in [1.54, 1.807) is 0 Å². The van der Waals surface area contributed by atoms with Crippen LogP contribution in [0.15, 0.2) is 0 Å². The average molecular weight is 235 g/mol. The van der Waals surface area contributed by atoms with E-state index in [0.717, 1.165) is 26.2 Å². The van der Waals surface area contributed by atoms with Gasteiger partial charge in [0, 0.05) is 13.2 Å². The van der Waals surface area contributed by atoms with E-state index in [1.165, 1.54) is 0 Å². The molecule has 0 aliphatic carbocycles. The molecule has 0 heterocycles. The van der Waals surface area contributed by atoms with Crippen LogP contribution in [0.4, 0.5) is 0 Å². The minimum Gasteiger partial charge on any atom is -0.379 e. The second-order valence-electron chi connectivity index (χ2n) is 2.94. The maximum Gasteiger partial charge on any atom is 0.0701 e. The lowest BCUT2D eigenvalue weighted by atomic mass is 10.5.